The van der Waals surface area contributed by atoms with Gasteiger partial charge in [0.1, 0.15) is 12.4 Å². The van der Waals surface area contributed by atoms with E-state index in [2.05, 4.69) is 37.3 Å². The molecule has 0 spiro atoms. The smallest absolute Gasteiger partial charge is 0.294 e. The molecule has 118 valence electrons. The number of hydrogen-bond acceptors (Lipinski definition) is 5. The van der Waals surface area contributed by atoms with E-state index < -0.39 is 12.5 Å². The highest BCUT2D eigenvalue weighted by Gasteiger charge is 2.23. The molecule has 0 saturated heterocycles. The number of aromatic nitrogens is 3. The van der Waals surface area contributed by atoms with Gasteiger partial charge in [0.25, 0.3) is 5.97 Å². The minimum absolute atomic E-state index is 0.0951. The van der Waals surface area contributed by atoms with Crippen LogP contribution >= 0.6 is 0 Å². The Labute approximate surface area is 129 Å². The van der Waals surface area contributed by atoms with Gasteiger partial charge in [0.05, 0.1) is 5.69 Å². The fraction of sp³-hybridized carbons (Fsp3) is 0.375. The van der Waals surface area contributed by atoms with Crippen molar-refractivity contribution in [2.75, 3.05) is 0 Å². The van der Waals surface area contributed by atoms with Gasteiger partial charge in [-0.25, -0.2) is 4.98 Å². The number of nitrogens with zero attached hydrogens (tertiary/aromatic N) is 3. The molecule has 0 aliphatic carbocycles. The summed E-state index contributed by atoms with van der Waals surface area (Å²) in [6.45, 7) is 9.57. The van der Waals surface area contributed by atoms with Crippen LogP contribution in [-0.2, 0) is 12.0 Å². The molecule has 2 heterocycles. The number of pyridine rings is 1. The Balaban J connectivity index is 2.50. The van der Waals surface area contributed by atoms with Gasteiger partial charge in [-0.1, -0.05) is 27.4 Å². The number of rotatable bonds is 4. The van der Waals surface area contributed by atoms with E-state index in [0.29, 0.717) is 17.1 Å². The standard InChI is InChI=1S/C16H21N3O3/c1-5-12-11(6-7-13(18-12)15(2,3)4)14-17-8-9-19(14)10-16(20,21)22/h5-9,20-22H,1,10H2,2-4H3. The van der Waals surface area contributed by atoms with E-state index >= 15 is 0 Å². The second kappa shape index (κ2) is 5.64. The van der Waals surface area contributed by atoms with Gasteiger partial charge < -0.3 is 19.9 Å². The second-order valence-electron chi connectivity index (χ2n) is 6.24. The molecule has 6 nitrogen and oxygen atoms in total. The van der Waals surface area contributed by atoms with Crippen LogP contribution in [-0.4, -0.2) is 35.8 Å². The molecule has 2 aromatic heterocycles. The normalized spacial score (nSPS) is 12.5. The molecule has 0 bridgehead atoms. The molecule has 22 heavy (non-hydrogen) atoms. The van der Waals surface area contributed by atoms with Crippen LogP contribution in [0.5, 0.6) is 0 Å². The first-order valence-electron chi connectivity index (χ1n) is 6.94. The third kappa shape index (κ3) is 3.59. The fourth-order valence-electron chi connectivity index (χ4n) is 2.15. The molecule has 0 amide bonds. The van der Waals surface area contributed by atoms with Gasteiger partial charge in [-0.15, -0.1) is 0 Å². The summed E-state index contributed by atoms with van der Waals surface area (Å²) >= 11 is 0. The average Bonchev–Trinajstić information content (AvgIpc) is 2.82. The van der Waals surface area contributed by atoms with Crippen LogP contribution in [0.1, 0.15) is 32.2 Å². The molecule has 2 rings (SSSR count). The summed E-state index contributed by atoms with van der Waals surface area (Å²) in [5, 5.41) is 27.5. The summed E-state index contributed by atoms with van der Waals surface area (Å²) in [7, 11) is 0. The van der Waals surface area contributed by atoms with Crippen LogP contribution in [0.25, 0.3) is 17.5 Å². The van der Waals surface area contributed by atoms with E-state index in [1.807, 2.05) is 12.1 Å². The maximum atomic E-state index is 9.16. The number of imidazole rings is 1. The third-order valence-electron chi connectivity index (χ3n) is 3.23. The van der Waals surface area contributed by atoms with Crippen molar-refractivity contribution in [2.24, 2.45) is 0 Å². The van der Waals surface area contributed by atoms with Crippen molar-refractivity contribution in [3.63, 3.8) is 0 Å². The highest BCUT2D eigenvalue weighted by Crippen LogP contribution is 2.27. The largest absolute Gasteiger partial charge is 0.342 e. The van der Waals surface area contributed by atoms with Crippen LogP contribution in [0.3, 0.4) is 0 Å². The summed E-state index contributed by atoms with van der Waals surface area (Å²) < 4.78 is 1.45. The monoisotopic (exact) mass is 303 g/mol. The van der Waals surface area contributed by atoms with Gasteiger partial charge in [0.2, 0.25) is 0 Å². The lowest BCUT2D eigenvalue weighted by atomic mass is 9.91. The van der Waals surface area contributed by atoms with E-state index in [-0.39, 0.29) is 5.41 Å². The zero-order valence-electron chi connectivity index (χ0n) is 13.0. The Kier molecular flexibility index (Phi) is 4.19. The third-order valence-corrected chi connectivity index (χ3v) is 3.23. The first-order chi connectivity index (χ1) is 10.1. The fourth-order valence-corrected chi connectivity index (χ4v) is 2.15. The summed E-state index contributed by atoms with van der Waals surface area (Å²) in [6.07, 6.45) is 4.70. The van der Waals surface area contributed by atoms with E-state index in [9.17, 15) is 0 Å². The molecule has 0 aliphatic rings. The van der Waals surface area contributed by atoms with Crippen molar-refractivity contribution in [2.45, 2.75) is 38.7 Å². The predicted octanol–water partition coefficient (Wildman–Crippen LogP) is 1.52. The molecule has 6 heteroatoms. The minimum atomic E-state index is -2.80. The van der Waals surface area contributed by atoms with E-state index in [0.717, 1.165) is 5.69 Å². The van der Waals surface area contributed by atoms with Gasteiger partial charge >= 0.3 is 0 Å². The molecule has 0 saturated carbocycles. The predicted molar refractivity (Wildman–Crippen MR) is 83.6 cm³/mol. The molecule has 0 aromatic carbocycles. The Hall–Kier alpha value is -2.02. The molecule has 2 aromatic rings. The van der Waals surface area contributed by atoms with E-state index in [1.54, 1.807) is 12.3 Å². The van der Waals surface area contributed by atoms with E-state index in [4.69, 9.17) is 15.3 Å². The van der Waals surface area contributed by atoms with Crippen molar-refractivity contribution in [1.29, 1.82) is 0 Å². The van der Waals surface area contributed by atoms with Gasteiger partial charge in [-0.3, -0.25) is 4.98 Å². The Bertz CT molecular complexity index is 679. The average molecular weight is 303 g/mol. The molecule has 0 unspecified atom stereocenters. The zero-order valence-corrected chi connectivity index (χ0v) is 13.0. The summed E-state index contributed by atoms with van der Waals surface area (Å²) in [5.41, 5.74) is 2.18. The summed E-state index contributed by atoms with van der Waals surface area (Å²) in [4.78, 5) is 8.81. The highest BCUT2D eigenvalue weighted by atomic mass is 16.7. The summed E-state index contributed by atoms with van der Waals surface area (Å²) in [6, 6.07) is 3.78. The van der Waals surface area contributed by atoms with Gasteiger partial charge in [0, 0.05) is 29.1 Å². The number of hydrogen-bond donors (Lipinski definition) is 3. The number of aliphatic hydroxyl groups is 3. The van der Waals surface area contributed by atoms with Crippen LogP contribution < -0.4 is 0 Å². The first-order valence-corrected chi connectivity index (χ1v) is 6.94. The van der Waals surface area contributed by atoms with Gasteiger partial charge in [-0.05, 0) is 18.2 Å². The quantitative estimate of drug-likeness (QED) is 0.745. The lowest BCUT2D eigenvalue weighted by Gasteiger charge is -2.20. The first kappa shape index (κ1) is 16.4. The topological polar surface area (TPSA) is 91.4 Å². The zero-order chi connectivity index (χ0) is 16.5. The van der Waals surface area contributed by atoms with Gasteiger partial charge in [0.15, 0.2) is 0 Å². The second-order valence-corrected chi connectivity index (χ2v) is 6.24. The maximum absolute atomic E-state index is 9.16. The highest BCUT2D eigenvalue weighted by molar-refractivity contribution is 5.68. The van der Waals surface area contributed by atoms with Crippen LogP contribution in [0.4, 0.5) is 0 Å². The maximum Gasteiger partial charge on any atom is 0.294 e. The van der Waals surface area contributed by atoms with Gasteiger partial charge in [-0.2, -0.15) is 0 Å². The van der Waals surface area contributed by atoms with Crippen molar-refractivity contribution < 1.29 is 15.3 Å². The summed E-state index contributed by atoms with van der Waals surface area (Å²) in [5.74, 6) is -2.33. The lowest BCUT2D eigenvalue weighted by molar-refractivity contribution is -0.318. The SMILES string of the molecule is C=Cc1nc(C(C)(C)C)ccc1-c1nccn1CC(O)(O)O. The van der Waals surface area contributed by atoms with Crippen molar-refractivity contribution in [1.82, 2.24) is 14.5 Å². The van der Waals surface area contributed by atoms with Crippen LogP contribution in [0.15, 0.2) is 31.1 Å². The molecular weight excluding hydrogens is 282 g/mol. The van der Waals surface area contributed by atoms with Crippen molar-refractivity contribution in [3.05, 3.63) is 42.5 Å². The Morgan fingerprint density at radius 3 is 2.45 bits per heavy atom. The molecule has 3 N–H and O–H groups in total. The Morgan fingerprint density at radius 1 is 1.23 bits per heavy atom. The van der Waals surface area contributed by atoms with E-state index in [1.165, 1.54) is 10.8 Å². The molecule has 0 aliphatic heterocycles. The Morgan fingerprint density at radius 2 is 1.91 bits per heavy atom. The lowest BCUT2D eigenvalue weighted by Crippen LogP contribution is -2.33. The minimum Gasteiger partial charge on any atom is -0.342 e. The molecule has 0 radical (unpaired) electrons. The van der Waals surface area contributed by atoms with Crippen molar-refractivity contribution in [3.8, 4) is 11.4 Å². The molecule has 0 fully saturated rings. The molecule has 0 atom stereocenters. The molecular formula is C16H21N3O3. The van der Waals surface area contributed by atoms with Crippen LogP contribution in [0, 0.1) is 0 Å². The van der Waals surface area contributed by atoms with Crippen LogP contribution in [0.2, 0.25) is 0 Å². The van der Waals surface area contributed by atoms with Crippen molar-refractivity contribution >= 4 is 6.08 Å².